The number of amides is 3. The van der Waals surface area contributed by atoms with E-state index in [1.807, 2.05) is 43.9 Å². The van der Waals surface area contributed by atoms with Crippen LogP contribution >= 0.6 is 0 Å². The molecule has 3 saturated heterocycles. The van der Waals surface area contributed by atoms with Crippen LogP contribution in [0.3, 0.4) is 0 Å². The maximum atomic E-state index is 13.8. The third-order valence-corrected chi connectivity index (χ3v) is 7.06. The van der Waals surface area contributed by atoms with Crippen molar-refractivity contribution in [3.8, 4) is 0 Å². The van der Waals surface area contributed by atoms with E-state index in [0.717, 1.165) is 25.0 Å². The van der Waals surface area contributed by atoms with Crippen molar-refractivity contribution in [3.63, 3.8) is 0 Å². The van der Waals surface area contributed by atoms with Crippen LogP contribution in [0.15, 0.2) is 24.3 Å². The summed E-state index contributed by atoms with van der Waals surface area (Å²) in [5, 5.41) is 2.98. The van der Waals surface area contributed by atoms with Gasteiger partial charge in [0.15, 0.2) is 0 Å². The first kappa shape index (κ1) is 24.7. The number of hydrogen-bond acceptors (Lipinski definition) is 5. The lowest BCUT2D eigenvalue weighted by atomic mass is 9.95. The van der Waals surface area contributed by atoms with Gasteiger partial charge in [0.05, 0.1) is 12.7 Å². The quantitative estimate of drug-likeness (QED) is 0.689. The second-order valence-electron chi connectivity index (χ2n) is 10.2. The van der Waals surface area contributed by atoms with E-state index in [0.29, 0.717) is 50.4 Å². The summed E-state index contributed by atoms with van der Waals surface area (Å²) in [5.74, 6) is -0.000170. The molecular weight excluding hydrogens is 434 g/mol. The molecule has 0 bridgehead atoms. The van der Waals surface area contributed by atoms with E-state index in [-0.39, 0.29) is 30.4 Å². The largest absolute Gasteiger partial charge is 0.376 e. The van der Waals surface area contributed by atoms with Crippen LogP contribution in [-0.4, -0.2) is 78.2 Å². The minimum absolute atomic E-state index is 0.0244. The van der Waals surface area contributed by atoms with E-state index in [1.165, 1.54) is 0 Å². The van der Waals surface area contributed by atoms with E-state index in [9.17, 15) is 14.4 Å². The Labute approximate surface area is 201 Å². The Morgan fingerprint density at radius 2 is 1.97 bits per heavy atom. The summed E-state index contributed by atoms with van der Waals surface area (Å²) in [6.07, 6.45) is 3.44. The number of carbonyl (C=O) groups excluding carboxylic acids is 3. The monoisotopic (exact) mass is 471 g/mol. The van der Waals surface area contributed by atoms with Crippen LogP contribution in [0, 0.1) is 12.8 Å². The predicted octanol–water partition coefficient (Wildman–Crippen LogP) is 2.50. The molecule has 1 spiro atoms. The standard InChI is InChI=1S/C26H37N3O5/c1-18(2)14-23(30)28-11-9-26(10-12-28)29(25(32)20-7-4-6-19(3)15-20)22(17-34-26)24(31)27-16-21-8-5-13-33-21/h4,6-7,15,18,21-22H,5,8-14,16-17H2,1-3H3,(H,27,31)/t21-,22+/m1/s1. The molecule has 1 aromatic rings. The van der Waals surface area contributed by atoms with Crippen molar-refractivity contribution in [2.75, 3.05) is 32.8 Å². The molecule has 1 N–H and O–H groups in total. The van der Waals surface area contributed by atoms with Crippen LogP contribution in [0.25, 0.3) is 0 Å². The first-order valence-corrected chi connectivity index (χ1v) is 12.5. The summed E-state index contributed by atoms with van der Waals surface area (Å²) >= 11 is 0. The number of benzene rings is 1. The first-order chi connectivity index (χ1) is 16.3. The molecule has 34 heavy (non-hydrogen) atoms. The summed E-state index contributed by atoms with van der Waals surface area (Å²) in [7, 11) is 0. The topological polar surface area (TPSA) is 88.2 Å². The first-order valence-electron chi connectivity index (χ1n) is 12.5. The van der Waals surface area contributed by atoms with Gasteiger partial charge in [-0.25, -0.2) is 0 Å². The van der Waals surface area contributed by atoms with Gasteiger partial charge in [-0.3, -0.25) is 19.3 Å². The van der Waals surface area contributed by atoms with Gasteiger partial charge >= 0.3 is 0 Å². The lowest BCUT2D eigenvalue weighted by molar-refractivity contribution is -0.144. The molecular formula is C26H37N3O5. The lowest BCUT2D eigenvalue weighted by Gasteiger charge is -2.44. The number of likely N-dealkylation sites (tertiary alicyclic amines) is 1. The smallest absolute Gasteiger partial charge is 0.256 e. The maximum absolute atomic E-state index is 13.8. The van der Waals surface area contributed by atoms with Crippen LogP contribution in [0.1, 0.15) is 61.9 Å². The molecule has 4 rings (SSSR count). The average Bonchev–Trinajstić information content (AvgIpc) is 3.45. The van der Waals surface area contributed by atoms with Crippen molar-refractivity contribution in [1.29, 1.82) is 0 Å². The van der Waals surface area contributed by atoms with Gasteiger partial charge in [-0.15, -0.1) is 0 Å². The summed E-state index contributed by atoms with van der Waals surface area (Å²) in [4.78, 5) is 43.1. The minimum Gasteiger partial charge on any atom is -0.376 e. The molecule has 8 heteroatoms. The Hall–Kier alpha value is -2.45. The molecule has 0 aromatic heterocycles. The Morgan fingerprint density at radius 3 is 2.62 bits per heavy atom. The number of rotatable bonds is 6. The molecule has 186 valence electrons. The van der Waals surface area contributed by atoms with Gasteiger partial charge in [-0.1, -0.05) is 31.5 Å². The summed E-state index contributed by atoms with van der Waals surface area (Å²) in [6, 6.07) is 6.71. The number of carbonyl (C=O) groups is 3. The zero-order chi connectivity index (χ0) is 24.3. The summed E-state index contributed by atoms with van der Waals surface area (Å²) < 4.78 is 11.9. The fourth-order valence-electron chi connectivity index (χ4n) is 5.21. The van der Waals surface area contributed by atoms with Crippen molar-refractivity contribution in [3.05, 3.63) is 35.4 Å². The van der Waals surface area contributed by atoms with E-state index < -0.39 is 11.8 Å². The third-order valence-electron chi connectivity index (χ3n) is 7.06. The van der Waals surface area contributed by atoms with E-state index in [2.05, 4.69) is 5.32 Å². The third kappa shape index (κ3) is 5.28. The molecule has 3 heterocycles. The van der Waals surface area contributed by atoms with Gasteiger partial charge in [-0.05, 0) is 37.8 Å². The fourth-order valence-corrected chi connectivity index (χ4v) is 5.21. The lowest BCUT2D eigenvalue weighted by Crippen LogP contribution is -2.60. The number of nitrogens with zero attached hydrogens (tertiary/aromatic N) is 2. The van der Waals surface area contributed by atoms with Gasteiger partial charge in [0.25, 0.3) is 5.91 Å². The number of hydrogen-bond donors (Lipinski definition) is 1. The van der Waals surface area contributed by atoms with Gasteiger partial charge < -0.3 is 19.7 Å². The van der Waals surface area contributed by atoms with Gasteiger partial charge in [0, 0.05) is 51.1 Å². The highest BCUT2D eigenvalue weighted by atomic mass is 16.5. The highest BCUT2D eigenvalue weighted by molar-refractivity contribution is 5.98. The molecule has 2 atom stereocenters. The molecule has 0 radical (unpaired) electrons. The fraction of sp³-hybridized carbons (Fsp3) is 0.654. The highest BCUT2D eigenvalue weighted by Crippen LogP contribution is 2.38. The van der Waals surface area contributed by atoms with Crippen molar-refractivity contribution >= 4 is 17.7 Å². The average molecular weight is 472 g/mol. The number of piperidine rings is 1. The molecule has 3 amide bonds. The van der Waals surface area contributed by atoms with E-state index in [1.54, 1.807) is 11.0 Å². The Balaban J connectivity index is 1.53. The molecule has 8 nitrogen and oxygen atoms in total. The van der Waals surface area contributed by atoms with Crippen molar-refractivity contribution in [2.24, 2.45) is 5.92 Å². The second kappa shape index (κ2) is 10.4. The molecule has 3 fully saturated rings. The number of nitrogens with one attached hydrogen (secondary N) is 1. The van der Waals surface area contributed by atoms with Gasteiger partial charge in [0.1, 0.15) is 11.8 Å². The molecule has 0 aliphatic carbocycles. The number of ether oxygens (including phenoxy) is 2. The zero-order valence-electron chi connectivity index (χ0n) is 20.5. The van der Waals surface area contributed by atoms with E-state index in [4.69, 9.17) is 9.47 Å². The molecule has 1 aromatic carbocycles. The van der Waals surface area contributed by atoms with Crippen LogP contribution in [0.2, 0.25) is 0 Å². The van der Waals surface area contributed by atoms with Gasteiger partial charge in [0.2, 0.25) is 11.8 Å². The number of aryl methyl sites for hydroxylation is 1. The highest BCUT2D eigenvalue weighted by Gasteiger charge is 2.54. The van der Waals surface area contributed by atoms with Gasteiger partial charge in [-0.2, -0.15) is 0 Å². The second-order valence-corrected chi connectivity index (χ2v) is 10.2. The van der Waals surface area contributed by atoms with Crippen molar-refractivity contribution in [2.45, 2.75) is 70.7 Å². The van der Waals surface area contributed by atoms with Crippen LogP contribution in [0.5, 0.6) is 0 Å². The minimum atomic E-state index is -0.888. The Kier molecular flexibility index (Phi) is 7.57. The van der Waals surface area contributed by atoms with E-state index >= 15 is 0 Å². The Morgan fingerprint density at radius 1 is 1.21 bits per heavy atom. The normalized spacial score (nSPS) is 24.1. The molecule has 0 unspecified atom stereocenters. The molecule has 3 aliphatic rings. The Bertz CT molecular complexity index is 903. The molecule has 3 aliphatic heterocycles. The van der Waals surface area contributed by atoms with Crippen LogP contribution < -0.4 is 5.32 Å². The molecule has 0 saturated carbocycles. The maximum Gasteiger partial charge on any atom is 0.256 e. The van der Waals surface area contributed by atoms with Crippen LogP contribution in [0.4, 0.5) is 0 Å². The summed E-state index contributed by atoms with van der Waals surface area (Å²) in [6.45, 7) is 8.33. The summed E-state index contributed by atoms with van der Waals surface area (Å²) in [5.41, 5.74) is 0.634. The van der Waals surface area contributed by atoms with Crippen LogP contribution in [-0.2, 0) is 19.1 Å². The van der Waals surface area contributed by atoms with Crippen molar-refractivity contribution < 1.29 is 23.9 Å². The predicted molar refractivity (Wildman–Crippen MR) is 127 cm³/mol. The SMILES string of the molecule is Cc1cccc(C(=O)N2[C@H](C(=O)NC[C@H]3CCCO3)COC23CCN(C(=O)CC(C)C)CC3)c1. The zero-order valence-corrected chi connectivity index (χ0v) is 20.5. The van der Waals surface area contributed by atoms with Crippen molar-refractivity contribution in [1.82, 2.24) is 15.1 Å².